The van der Waals surface area contributed by atoms with Crippen molar-refractivity contribution in [3.05, 3.63) is 83.2 Å². The van der Waals surface area contributed by atoms with Crippen LogP contribution in [0.15, 0.2) is 48.7 Å². The van der Waals surface area contributed by atoms with Crippen LogP contribution in [0.2, 0.25) is 0 Å². The number of aliphatic carboxylic acids is 1. The number of halogens is 4. The maximum Gasteiger partial charge on any atom is 0.321 e. The summed E-state index contributed by atoms with van der Waals surface area (Å²) in [7, 11) is 1.60. The first-order valence-electron chi connectivity index (χ1n) is 14.7. The largest absolute Gasteiger partial charge is 0.481 e. The van der Waals surface area contributed by atoms with Gasteiger partial charge in [-0.25, -0.2) is 13.6 Å². The fourth-order valence-corrected chi connectivity index (χ4v) is 5.98. The minimum absolute atomic E-state index is 0.00252. The lowest BCUT2D eigenvalue weighted by atomic mass is 9.79. The number of Topliss-reactive ketones (excluding diaryl/α,β-unsaturated/α-hetero) is 2. The number of carboxylic acid groups (broad SMARTS) is 1. The molecule has 2 aromatic carbocycles. The van der Waals surface area contributed by atoms with Gasteiger partial charge in [0.1, 0.15) is 18.4 Å². The van der Waals surface area contributed by atoms with Crippen LogP contribution in [0.4, 0.5) is 28.0 Å². The summed E-state index contributed by atoms with van der Waals surface area (Å²) in [5.74, 6) is -14.6. The van der Waals surface area contributed by atoms with Gasteiger partial charge >= 0.3 is 12.0 Å². The van der Waals surface area contributed by atoms with E-state index in [-0.39, 0.29) is 24.8 Å². The van der Waals surface area contributed by atoms with Crippen LogP contribution in [0.25, 0.3) is 0 Å². The highest BCUT2D eigenvalue weighted by molar-refractivity contribution is 5.97. The predicted molar refractivity (Wildman–Crippen MR) is 157 cm³/mol. The van der Waals surface area contributed by atoms with Gasteiger partial charge in [0.25, 0.3) is 0 Å². The normalized spacial score (nSPS) is 19.2. The van der Waals surface area contributed by atoms with Crippen molar-refractivity contribution in [1.29, 1.82) is 0 Å². The molecule has 3 N–H and O–H groups in total. The number of urea groups is 1. The Morgan fingerprint density at radius 3 is 2.40 bits per heavy atom. The number of aromatic nitrogens is 1. The first kappa shape index (κ1) is 33.2. The number of ketones is 2. The zero-order valence-corrected chi connectivity index (χ0v) is 25.0. The fraction of sp³-hybridized carbons (Fsp3) is 0.344. The van der Waals surface area contributed by atoms with Gasteiger partial charge in [0.05, 0.1) is 18.3 Å². The zero-order chi connectivity index (χ0) is 34.0. The van der Waals surface area contributed by atoms with Gasteiger partial charge in [0.2, 0.25) is 17.5 Å². The summed E-state index contributed by atoms with van der Waals surface area (Å²) >= 11 is 0. The molecule has 47 heavy (non-hydrogen) atoms. The van der Waals surface area contributed by atoms with Crippen molar-refractivity contribution >= 4 is 35.2 Å². The molecule has 4 atom stereocenters. The first-order valence-corrected chi connectivity index (χ1v) is 14.7. The van der Waals surface area contributed by atoms with Gasteiger partial charge in [-0.1, -0.05) is 18.2 Å². The second-order valence-electron chi connectivity index (χ2n) is 11.4. The molecule has 2 heterocycles. The molecule has 5 rings (SSSR count). The second-order valence-corrected chi connectivity index (χ2v) is 11.4. The minimum atomic E-state index is -1.90. The summed E-state index contributed by atoms with van der Waals surface area (Å²) < 4.78 is 61.5. The molecule has 0 spiro atoms. The van der Waals surface area contributed by atoms with E-state index in [1.807, 2.05) is 12.1 Å². The molecule has 2 aliphatic rings. The van der Waals surface area contributed by atoms with Crippen molar-refractivity contribution in [3.8, 4) is 5.75 Å². The summed E-state index contributed by atoms with van der Waals surface area (Å²) in [5.41, 5.74) is 2.18. The number of ether oxygens (including phenoxy) is 1. The monoisotopic (exact) mass is 658 g/mol. The molecule has 15 heteroatoms. The van der Waals surface area contributed by atoms with Crippen LogP contribution >= 0.6 is 0 Å². The molecule has 0 saturated carbocycles. The number of nitrogens with one attached hydrogen (secondary N) is 2. The highest BCUT2D eigenvalue weighted by atomic mass is 19.2. The molecule has 1 aliphatic heterocycles. The van der Waals surface area contributed by atoms with Crippen LogP contribution < -0.4 is 20.3 Å². The van der Waals surface area contributed by atoms with Crippen LogP contribution in [0.1, 0.15) is 36.4 Å². The summed E-state index contributed by atoms with van der Waals surface area (Å²) in [4.78, 5) is 66.1. The average molecular weight is 659 g/mol. The molecular formula is C32H30F4N4O7. The Morgan fingerprint density at radius 2 is 1.74 bits per heavy atom. The first-order chi connectivity index (χ1) is 22.3. The topological polar surface area (TPSA) is 147 Å². The van der Waals surface area contributed by atoms with Crippen LogP contribution in [-0.2, 0) is 32.1 Å². The minimum Gasteiger partial charge on any atom is -0.481 e. The molecule has 11 nitrogen and oxygen atoms in total. The summed E-state index contributed by atoms with van der Waals surface area (Å²) in [6, 6.07) is 7.89. The van der Waals surface area contributed by atoms with E-state index in [2.05, 4.69) is 15.4 Å². The van der Waals surface area contributed by atoms with Crippen molar-refractivity contribution in [3.63, 3.8) is 0 Å². The van der Waals surface area contributed by atoms with Gasteiger partial charge in [0.15, 0.2) is 23.2 Å². The lowest BCUT2D eigenvalue weighted by molar-refractivity contribution is -0.141. The average Bonchev–Trinajstić information content (AvgIpc) is 3.37. The molecule has 0 radical (unpaired) electrons. The van der Waals surface area contributed by atoms with Gasteiger partial charge in [-0.05, 0) is 36.6 Å². The van der Waals surface area contributed by atoms with E-state index in [1.54, 1.807) is 42.1 Å². The number of anilines is 1. The highest BCUT2D eigenvalue weighted by Crippen LogP contribution is 2.38. The number of hydrogen-bond acceptors (Lipinski definition) is 6. The van der Waals surface area contributed by atoms with E-state index < -0.39 is 89.7 Å². The third-order valence-electron chi connectivity index (χ3n) is 8.37. The van der Waals surface area contributed by atoms with Crippen molar-refractivity contribution < 1.29 is 51.4 Å². The summed E-state index contributed by atoms with van der Waals surface area (Å²) in [6.07, 6.45) is 1.48. The predicted octanol–water partition coefficient (Wildman–Crippen LogP) is 3.49. The molecule has 0 saturated heterocycles. The van der Waals surface area contributed by atoms with E-state index in [0.717, 1.165) is 5.56 Å². The summed E-state index contributed by atoms with van der Waals surface area (Å²) in [5, 5.41) is 14.6. The lowest BCUT2D eigenvalue weighted by Gasteiger charge is -2.33. The quantitative estimate of drug-likeness (QED) is 0.223. The number of nitrogens with zero attached hydrogens (tertiary/aromatic N) is 2. The van der Waals surface area contributed by atoms with E-state index in [9.17, 15) is 46.6 Å². The van der Waals surface area contributed by atoms with Crippen LogP contribution in [0, 0.1) is 29.2 Å². The van der Waals surface area contributed by atoms with E-state index in [0.29, 0.717) is 24.2 Å². The van der Waals surface area contributed by atoms with Crippen LogP contribution in [0.5, 0.6) is 5.75 Å². The fourth-order valence-electron chi connectivity index (χ4n) is 5.98. The molecule has 3 aromatic rings. The van der Waals surface area contributed by atoms with Crippen molar-refractivity contribution in [2.24, 2.45) is 5.92 Å². The number of carbonyl (C=O) groups is 5. The van der Waals surface area contributed by atoms with Gasteiger partial charge in [-0.3, -0.25) is 24.1 Å². The molecule has 1 aliphatic carbocycles. The van der Waals surface area contributed by atoms with Crippen LogP contribution in [-0.4, -0.2) is 64.9 Å². The Balaban J connectivity index is 1.30. The van der Waals surface area contributed by atoms with Crippen molar-refractivity contribution in [1.82, 2.24) is 15.2 Å². The molecule has 4 unspecified atom stereocenters. The maximum atomic E-state index is 14.0. The SMILES string of the molecule is CN(C(=O)NC1CCc2ccn3c2C1C(=O)CC(C(=O)NC(CC(=O)O)C(=O)COc1c(F)c(F)cc(F)c1F)C3)c1ccccc1. The molecule has 1 aromatic heterocycles. The Hall–Kier alpha value is -5.21. The number of rotatable bonds is 10. The molecule has 3 amide bonds. The number of carbonyl (C=O) groups excluding carboxylic acids is 4. The van der Waals surface area contributed by atoms with Gasteiger partial charge < -0.3 is 25.0 Å². The third-order valence-corrected chi connectivity index (χ3v) is 8.37. The van der Waals surface area contributed by atoms with Gasteiger partial charge in [0, 0.05) is 49.7 Å². The van der Waals surface area contributed by atoms with Gasteiger partial charge in [-0.15, -0.1) is 0 Å². The second kappa shape index (κ2) is 13.6. The number of hydrogen-bond donors (Lipinski definition) is 3. The van der Waals surface area contributed by atoms with E-state index in [1.165, 1.54) is 4.90 Å². The smallest absolute Gasteiger partial charge is 0.321 e. The van der Waals surface area contributed by atoms with Crippen molar-refractivity contribution in [2.45, 2.75) is 50.2 Å². The third kappa shape index (κ3) is 6.98. The van der Waals surface area contributed by atoms with E-state index >= 15 is 0 Å². The lowest BCUT2D eigenvalue weighted by Crippen LogP contribution is -2.49. The van der Waals surface area contributed by atoms with Crippen molar-refractivity contribution in [2.75, 3.05) is 18.6 Å². The molecule has 248 valence electrons. The Kier molecular flexibility index (Phi) is 9.63. The highest BCUT2D eigenvalue weighted by Gasteiger charge is 2.43. The summed E-state index contributed by atoms with van der Waals surface area (Å²) in [6.45, 7) is -1.23. The van der Waals surface area contributed by atoms with Gasteiger partial charge in [-0.2, -0.15) is 8.78 Å². The molecular weight excluding hydrogens is 628 g/mol. The Labute approximate surface area is 265 Å². The van der Waals surface area contributed by atoms with E-state index in [4.69, 9.17) is 0 Å². The molecule has 0 fully saturated rings. The standard InChI is InChI=1S/C32H30F4N4O7/c1-39(18-5-3-2-4-6-18)32(46)38-21-8-7-16-9-10-40-14-17(11-23(41)26(21)29(16)40)31(45)37-22(13-25(43)44)24(42)15-47-30-27(35)19(33)12-20(34)28(30)36/h2-6,9-10,12,17,21-22,26H,7-8,11,13-15H2,1H3,(H,37,45)(H,38,46)(H,43,44). The number of para-hydroxylation sites is 1. The van der Waals surface area contributed by atoms with Crippen LogP contribution in [0.3, 0.4) is 0 Å². The number of benzene rings is 2. The Morgan fingerprint density at radius 1 is 1.06 bits per heavy atom. The Bertz CT molecular complexity index is 1710. The number of carboxylic acids is 1. The zero-order valence-electron chi connectivity index (χ0n) is 25.0. The number of aryl methyl sites for hydroxylation is 1. The number of amides is 3. The molecule has 0 bridgehead atoms. The maximum absolute atomic E-state index is 14.0.